The van der Waals surface area contributed by atoms with Crippen LogP contribution in [0.25, 0.3) is 0 Å². The van der Waals surface area contributed by atoms with Crippen molar-refractivity contribution in [1.29, 1.82) is 0 Å². The van der Waals surface area contributed by atoms with Gasteiger partial charge in [-0.1, -0.05) is 33.2 Å². The van der Waals surface area contributed by atoms with Crippen LogP contribution in [0.15, 0.2) is 33.3 Å². The minimum Gasteiger partial charge on any atom is -0.361 e. The molecule has 2 aromatic rings. The summed E-state index contributed by atoms with van der Waals surface area (Å²) >= 11 is 5.01. The second-order valence-corrected chi connectivity index (χ2v) is 7.04. The van der Waals surface area contributed by atoms with Crippen LogP contribution in [-0.4, -0.2) is 16.8 Å². The Morgan fingerprint density at radius 3 is 2.86 bits per heavy atom. The molecule has 1 aromatic carbocycles. The van der Waals surface area contributed by atoms with E-state index in [1.165, 1.54) is 0 Å². The van der Waals surface area contributed by atoms with E-state index in [1.807, 2.05) is 45.0 Å². The average Bonchev–Trinajstić information content (AvgIpc) is 2.79. The molecule has 0 aliphatic rings. The fourth-order valence-electron chi connectivity index (χ4n) is 2.10. The third-order valence-corrected chi connectivity index (χ3v) is 4.84. The molecule has 0 saturated carbocycles. The number of carbonyl (C=O) groups excluding carboxylic acids is 1. The molecule has 0 saturated heterocycles. The first kappa shape index (κ1) is 17.1. The van der Waals surface area contributed by atoms with Crippen LogP contribution in [0.2, 0.25) is 0 Å². The third-order valence-electron chi connectivity index (χ3n) is 3.39. The number of nitrogens with one attached hydrogen (secondary N) is 1. The van der Waals surface area contributed by atoms with E-state index in [1.54, 1.807) is 11.8 Å². The molecule has 0 aliphatic carbocycles. The number of hydrogen-bond donors (Lipinski definition) is 1. The van der Waals surface area contributed by atoms with Crippen molar-refractivity contribution in [3.8, 4) is 0 Å². The Morgan fingerprint density at radius 2 is 2.23 bits per heavy atom. The van der Waals surface area contributed by atoms with Crippen LogP contribution in [0.3, 0.4) is 0 Å². The van der Waals surface area contributed by atoms with Gasteiger partial charge in [0.15, 0.2) is 0 Å². The van der Waals surface area contributed by atoms with Crippen molar-refractivity contribution < 1.29 is 9.32 Å². The monoisotopic (exact) mass is 382 g/mol. The van der Waals surface area contributed by atoms with Gasteiger partial charge < -0.3 is 9.84 Å². The van der Waals surface area contributed by atoms with Crippen molar-refractivity contribution in [3.05, 3.63) is 51.3 Å². The molecule has 0 aliphatic heterocycles. The molecule has 1 heterocycles. The van der Waals surface area contributed by atoms with E-state index < -0.39 is 0 Å². The van der Waals surface area contributed by atoms with Gasteiger partial charge in [-0.15, -0.1) is 11.8 Å². The third kappa shape index (κ3) is 4.61. The van der Waals surface area contributed by atoms with Crippen molar-refractivity contribution in [2.45, 2.75) is 32.6 Å². The molecule has 4 nitrogen and oxygen atoms in total. The van der Waals surface area contributed by atoms with Crippen molar-refractivity contribution in [2.75, 3.05) is 5.75 Å². The van der Waals surface area contributed by atoms with Crippen LogP contribution in [0.5, 0.6) is 0 Å². The number of benzene rings is 1. The quantitative estimate of drug-likeness (QED) is 0.814. The molecular formula is C16H19BrN2O2S. The van der Waals surface area contributed by atoms with Gasteiger partial charge in [0.25, 0.3) is 0 Å². The summed E-state index contributed by atoms with van der Waals surface area (Å²) in [7, 11) is 0. The lowest BCUT2D eigenvalue weighted by Crippen LogP contribution is -2.28. The van der Waals surface area contributed by atoms with Gasteiger partial charge in [-0.25, -0.2) is 0 Å². The standard InChI is InChI=1S/C16H19BrN2O2S/c1-10(13-5-4-6-14(17)7-13)18-16(20)9-22-8-15-11(2)19-21-12(15)3/h4-7,10H,8-9H2,1-3H3,(H,18,20). The molecule has 1 N–H and O–H groups in total. The Balaban J connectivity index is 1.81. The first-order valence-corrected chi connectivity index (χ1v) is 8.96. The predicted octanol–water partition coefficient (Wildman–Crippen LogP) is 4.16. The molecular weight excluding hydrogens is 364 g/mol. The molecule has 1 unspecified atom stereocenters. The van der Waals surface area contributed by atoms with Gasteiger partial charge >= 0.3 is 0 Å². The molecule has 0 radical (unpaired) electrons. The number of rotatable bonds is 6. The maximum Gasteiger partial charge on any atom is 0.230 e. The first-order valence-electron chi connectivity index (χ1n) is 7.01. The molecule has 22 heavy (non-hydrogen) atoms. The largest absolute Gasteiger partial charge is 0.361 e. The lowest BCUT2D eigenvalue weighted by atomic mass is 10.1. The van der Waals surface area contributed by atoms with Crippen molar-refractivity contribution in [2.24, 2.45) is 0 Å². The van der Waals surface area contributed by atoms with Crippen molar-refractivity contribution in [1.82, 2.24) is 10.5 Å². The normalized spacial score (nSPS) is 12.2. The summed E-state index contributed by atoms with van der Waals surface area (Å²) in [4.78, 5) is 12.0. The maximum absolute atomic E-state index is 12.0. The molecule has 0 fully saturated rings. The second-order valence-electron chi connectivity index (χ2n) is 5.14. The van der Waals surface area contributed by atoms with Crippen LogP contribution in [-0.2, 0) is 10.5 Å². The summed E-state index contributed by atoms with van der Waals surface area (Å²) in [5.41, 5.74) is 3.06. The summed E-state index contributed by atoms with van der Waals surface area (Å²) in [5.74, 6) is 2.01. The Labute approximate surface area is 143 Å². The minimum absolute atomic E-state index is 0.00957. The smallest absolute Gasteiger partial charge is 0.230 e. The number of aryl methyl sites for hydroxylation is 2. The SMILES string of the molecule is Cc1noc(C)c1CSCC(=O)NC(C)c1cccc(Br)c1. The van der Waals surface area contributed by atoms with Gasteiger partial charge in [0, 0.05) is 15.8 Å². The zero-order chi connectivity index (χ0) is 16.1. The number of thioether (sulfide) groups is 1. The van der Waals surface area contributed by atoms with Crippen LogP contribution < -0.4 is 5.32 Å². The van der Waals surface area contributed by atoms with Gasteiger partial charge in [-0.05, 0) is 38.5 Å². The van der Waals surface area contributed by atoms with Gasteiger partial charge in [-0.2, -0.15) is 0 Å². The van der Waals surface area contributed by atoms with Crippen molar-refractivity contribution in [3.63, 3.8) is 0 Å². The Bertz CT molecular complexity index is 638. The van der Waals surface area contributed by atoms with E-state index in [0.717, 1.165) is 32.8 Å². The van der Waals surface area contributed by atoms with E-state index in [2.05, 4.69) is 26.4 Å². The number of halogens is 1. The molecule has 0 spiro atoms. The number of aromatic nitrogens is 1. The molecule has 6 heteroatoms. The molecule has 1 aromatic heterocycles. The Hall–Kier alpha value is -1.27. The highest BCUT2D eigenvalue weighted by atomic mass is 79.9. The molecule has 0 bridgehead atoms. The van der Waals surface area contributed by atoms with Crippen LogP contribution >= 0.6 is 27.7 Å². The highest BCUT2D eigenvalue weighted by molar-refractivity contribution is 9.10. The summed E-state index contributed by atoms with van der Waals surface area (Å²) < 4.78 is 6.13. The summed E-state index contributed by atoms with van der Waals surface area (Å²) in [6.45, 7) is 5.80. The van der Waals surface area contributed by atoms with E-state index >= 15 is 0 Å². The average molecular weight is 383 g/mol. The van der Waals surface area contributed by atoms with E-state index in [4.69, 9.17) is 4.52 Å². The van der Waals surface area contributed by atoms with E-state index in [0.29, 0.717) is 5.75 Å². The maximum atomic E-state index is 12.0. The van der Waals surface area contributed by atoms with Crippen LogP contribution in [0, 0.1) is 13.8 Å². The van der Waals surface area contributed by atoms with Gasteiger partial charge in [0.2, 0.25) is 5.91 Å². The predicted molar refractivity (Wildman–Crippen MR) is 92.8 cm³/mol. The van der Waals surface area contributed by atoms with Gasteiger partial charge in [0.05, 0.1) is 17.5 Å². The zero-order valence-corrected chi connectivity index (χ0v) is 15.3. The highest BCUT2D eigenvalue weighted by Crippen LogP contribution is 2.20. The summed E-state index contributed by atoms with van der Waals surface area (Å²) in [5, 5.41) is 6.93. The summed E-state index contributed by atoms with van der Waals surface area (Å²) in [6.07, 6.45) is 0. The number of amides is 1. The fourth-order valence-corrected chi connectivity index (χ4v) is 3.50. The van der Waals surface area contributed by atoms with E-state index in [-0.39, 0.29) is 11.9 Å². The number of nitrogens with zero attached hydrogens (tertiary/aromatic N) is 1. The minimum atomic E-state index is -0.00957. The topological polar surface area (TPSA) is 55.1 Å². The van der Waals surface area contributed by atoms with Crippen molar-refractivity contribution >= 4 is 33.6 Å². The first-order chi connectivity index (χ1) is 10.5. The zero-order valence-electron chi connectivity index (χ0n) is 12.9. The fraction of sp³-hybridized carbons (Fsp3) is 0.375. The number of carbonyl (C=O) groups is 1. The highest BCUT2D eigenvalue weighted by Gasteiger charge is 2.12. The number of hydrogen-bond acceptors (Lipinski definition) is 4. The molecule has 2 rings (SSSR count). The molecule has 1 amide bonds. The lowest BCUT2D eigenvalue weighted by Gasteiger charge is -2.14. The van der Waals surface area contributed by atoms with E-state index in [9.17, 15) is 4.79 Å². The molecule has 1 atom stereocenters. The van der Waals surface area contributed by atoms with Crippen LogP contribution in [0.4, 0.5) is 0 Å². The van der Waals surface area contributed by atoms with Gasteiger partial charge in [0.1, 0.15) is 5.76 Å². The molecule has 118 valence electrons. The Kier molecular flexibility index (Phi) is 6.08. The Morgan fingerprint density at radius 1 is 1.45 bits per heavy atom. The van der Waals surface area contributed by atoms with Crippen LogP contribution in [0.1, 0.15) is 35.5 Å². The second kappa shape index (κ2) is 7.83. The van der Waals surface area contributed by atoms with Gasteiger partial charge in [-0.3, -0.25) is 4.79 Å². The lowest BCUT2D eigenvalue weighted by molar-refractivity contribution is -0.119. The summed E-state index contributed by atoms with van der Waals surface area (Å²) in [6, 6.07) is 7.95.